The first-order chi connectivity index (χ1) is 8.69. The quantitative estimate of drug-likeness (QED) is 0.838. The summed E-state index contributed by atoms with van der Waals surface area (Å²) >= 11 is 0. The Balaban J connectivity index is 1.87. The summed E-state index contributed by atoms with van der Waals surface area (Å²) in [5.41, 5.74) is 3.23. The Hall–Kier alpha value is -1.39. The van der Waals surface area contributed by atoms with Crippen molar-refractivity contribution >= 4 is 11.6 Å². The first-order valence-corrected chi connectivity index (χ1v) is 6.42. The van der Waals surface area contributed by atoms with Crippen LogP contribution in [0.3, 0.4) is 0 Å². The molecule has 4 nitrogen and oxygen atoms in total. The molecule has 1 atom stereocenters. The van der Waals surface area contributed by atoms with Crippen LogP contribution >= 0.6 is 0 Å². The van der Waals surface area contributed by atoms with Gasteiger partial charge in [-0.05, 0) is 36.6 Å². The molecular weight excluding hydrogens is 228 g/mol. The molecule has 0 saturated carbocycles. The van der Waals surface area contributed by atoms with E-state index in [9.17, 15) is 4.79 Å². The molecule has 2 rings (SSSR count). The fraction of sp³-hybridized carbons (Fsp3) is 0.500. The van der Waals surface area contributed by atoms with Crippen molar-refractivity contribution in [2.24, 2.45) is 0 Å². The second-order valence-electron chi connectivity index (χ2n) is 4.71. The second kappa shape index (κ2) is 5.98. The van der Waals surface area contributed by atoms with Crippen LogP contribution in [0.25, 0.3) is 0 Å². The first kappa shape index (κ1) is 13.1. The number of nitrogens with one attached hydrogen (secondary N) is 2. The summed E-state index contributed by atoms with van der Waals surface area (Å²) < 4.78 is 5.34. The predicted molar refractivity (Wildman–Crippen MR) is 71.3 cm³/mol. The summed E-state index contributed by atoms with van der Waals surface area (Å²) in [5.74, 6) is -0.00540. The molecule has 1 heterocycles. The van der Waals surface area contributed by atoms with Gasteiger partial charge >= 0.3 is 0 Å². The van der Waals surface area contributed by atoms with Gasteiger partial charge in [-0.3, -0.25) is 4.79 Å². The highest BCUT2D eigenvalue weighted by Crippen LogP contribution is 2.22. The van der Waals surface area contributed by atoms with Gasteiger partial charge in [0, 0.05) is 11.7 Å². The largest absolute Gasteiger partial charge is 0.372 e. The predicted octanol–water partition coefficient (Wildman–Crippen LogP) is 2.04. The Labute approximate surface area is 108 Å². The number of rotatable bonds is 5. The Morgan fingerprint density at radius 1 is 1.39 bits per heavy atom. The van der Waals surface area contributed by atoms with E-state index in [1.165, 1.54) is 11.1 Å². The molecule has 2 N–H and O–H groups in total. The van der Waals surface area contributed by atoms with Crippen LogP contribution in [-0.4, -0.2) is 18.5 Å². The van der Waals surface area contributed by atoms with Gasteiger partial charge in [-0.1, -0.05) is 13.0 Å². The molecule has 0 spiro atoms. The number of hydrogen-bond acceptors (Lipinski definition) is 3. The van der Waals surface area contributed by atoms with Gasteiger partial charge in [0.25, 0.3) is 0 Å². The molecule has 1 unspecified atom stereocenters. The van der Waals surface area contributed by atoms with E-state index >= 15 is 0 Å². The molecule has 4 heteroatoms. The number of fused-ring (bicyclic) bond motifs is 1. The van der Waals surface area contributed by atoms with Crippen LogP contribution in [0.4, 0.5) is 5.69 Å². The summed E-state index contributed by atoms with van der Waals surface area (Å²) in [6, 6.07) is 6.29. The third-order valence-corrected chi connectivity index (χ3v) is 3.23. The van der Waals surface area contributed by atoms with Gasteiger partial charge in [0.1, 0.15) is 0 Å². The lowest BCUT2D eigenvalue weighted by Crippen LogP contribution is -2.33. The van der Waals surface area contributed by atoms with Crippen LogP contribution in [-0.2, 0) is 22.7 Å². The molecule has 1 aromatic rings. The Bertz CT molecular complexity index is 432. The highest BCUT2D eigenvalue weighted by Gasteiger charge is 2.12. The fourth-order valence-electron chi connectivity index (χ4n) is 1.87. The van der Waals surface area contributed by atoms with Gasteiger partial charge in [-0.25, -0.2) is 0 Å². The summed E-state index contributed by atoms with van der Waals surface area (Å²) in [4.78, 5) is 11.7. The molecule has 0 radical (unpaired) electrons. The van der Waals surface area contributed by atoms with Crippen LogP contribution < -0.4 is 10.6 Å². The number of benzene rings is 1. The topological polar surface area (TPSA) is 50.4 Å². The van der Waals surface area contributed by atoms with E-state index < -0.39 is 0 Å². The van der Waals surface area contributed by atoms with E-state index in [2.05, 4.69) is 24.5 Å². The third-order valence-electron chi connectivity index (χ3n) is 3.23. The zero-order valence-electron chi connectivity index (χ0n) is 11.0. The van der Waals surface area contributed by atoms with Crippen LogP contribution in [0.15, 0.2) is 18.2 Å². The van der Waals surface area contributed by atoms with Crippen LogP contribution in [0, 0.1) is 0 Å². The van der Waals surface area contributed by atoms with Crippen molar-refractivity contribution in [1.29, 1.82) is 0 Å². The van der Waals surface area contributed by atoms with Gasteiger partial charge in [0.15, 0.2) is 0 Å². The molecule has 0 saturated heterocycles. The smallest absolute Gasteiger partial charge is 0.238 e. The number of carbonyl (C=O) groups excluding carboxylic acids is 1. The van der Waals surface area contributed by atoms with E-state index in [1.807, 2.05) is 18.2 Å². The summed E-state index contributed by atoms with van der Waals surface area (Å²) in [5, 5.41) is 6.06. The zero-order valence-corrected chi connectivity index (χ0v) is 11.0. The molecule has 0 aliphatic carbocycles. The van der Waals surface area contributed by atoms with E-state index in [0.717, 1.165) is 12.1 Å². The lowest BCUT2D eigenvalue weighted by molar-refractivity contribution is -0.115. The van der Waals surface area contributed by atoms with Crippen LogP contribution in [0.5, 0.6) is 0 Å². The minimum absolute atomic E-state index is 0.00540. The number of amides is 1. The maximum absolute atomic E-state index is 11.7. The van der Waals surface area contributed by atoms with Gasteiger partial charge in [-0.2, -0.15) is 0 Å². The minimum Gasteiger partial charge on any atom is -0.372 e. The van der Waals surface area contributed by atoms with Crippen molar-refractivity contribution in [2.75, 3.05) is 11.9 Å². The Morgan fingerprint density at radius 2 is 2.17 bits per heavy atom. The van der Waals surface area contributed by atoms with E-state index in [1.54, 1.807) is 0 Å². The molecule has 0 aromatic heterocycles. The van der Waals surface area contributed by atoms with E-state index in [0.29, 0.717) is 25.8 Å². The Kier molecular flexibility index (Phi) is 4.33. The van der Waals surface area contributed by atoms with Gasteiger partial charge < -0.3 is 15.4 Å². The zero-order chi connectivity index (χ0) is 13.0. The van der Waals surface area contributed by atoms with Crippen molar-refractivity contribution in [1.82, 2.24) is 5.32 Å². The van der Waals surface area contributed by atoms with Crippen molar-refractivity contribution in [3.05, 3.63) is 29.3 Å². The highest BCUT2D eigenvalue weighted by molar-refractivity contribution is 5.92. The lowest BCUT2D eigenvalue weighted by Gasteiger charge is -2.11. The fourth-order valence-corrected chi connectivity index (χ4v) is 1.87. The first-order valence-electron chi connectivity index (χ1n) is 6.42. The van der Waals surface area contributed by atoms with Gasteiger partial charge in [0.05, 0.1) is 19.8 Å². The van der Waals surface area contributed by atoms with Crippen molar-refractivity contribution in [3.63, 3.8) is 0 Å². The number of carbonyl (C=O) groups is 1. The third kappa shape index (κ3) is 3.31. The molecular formula is C14H20N2O2. The molecule has 1 aliphatic rings. The lowest BCUT2D eigenvalue weighted by atomic mass is 10.1. The maximum Gasteiger partial charge on any atom is 0.238 e. The Morgan fingerprint density at radius 3 is 2.94 bits per heavy atom. The molecule has 1 aliphatic heterocycles. The average molecular weight is 248 g/mol. The molecule has 98 valence electrons. The van der Waals surface area contributed by atoms with Crippen LogP contribution in [0.2, 0.25) is 0 Å². The van der Waals surface area contributed by atoms with E-state index in [4.69, 9.17) is 4.74 Å². The molecule has 1 aromatic carbocycles. The minimum atomic E-state index is -0.00540. The van der Waals surface area contributed by atoms with Crippen molar-refractivity contribution in [3.8, 4) is 0 Å². The molecule has 18 heavy (non-hydrogen) atoms. The normalized spacial score (nSPS) is 15.2. The number of anilines is 1. The number of hydrogen-bond donors (Lipinski definition) is 2. The van der Waals surface area contributed by atoms with Crippen LogP contribution in [0.1, 0.15) is 31.4 Å². The average Bonchev–Trinajstić information content (AvgIpc) is 2.83. The molecule has 0 bridgehead atoms. The summed E-state index contributed by atoms with van der Waals surface area (Å²) in [6.45, 7) is 5.84. The maximum atomic E-state index is 11.7. The van der Waals surface area contributed by atoms with Gasteiger partial charge in [-0.15, -0.1) is 0 Å². The van der Waals surface area contributed by atoms with Crippen molar-refractivity contribution < 1.29 is 9.53 Å². The summed E-state index contributed by atoms with van der Waals surface area (Å²) in [6.07, 6.45) is 1.02. The summed E-state index contributed by atoms with van der Waals surface area (Å²) in [7, 11) is 0. The standard InChI is InChI=1S/C14H20N2O2/c1-3-10(2)15-7-14(17)16-13-5-4-11-8-18-9-12(11)6-13/h4-6,10,15H,3,7-9H2,1-2H3,(H,16,17). The second-order valence-corrected chi connectivity index (χ2v) is 4.71. The number of ether oxygens (including phenoxy) is 1. The van der Waals surface area contributed by atoms with E-state index in [-0.39, 0.29) is 5.91 Å². The highest BCUT2D eigenvalue weighted by atomic mass is 16.5. The molecule has 0 fully saturated rings. The van der Waals surface area contributed by atoms with Crippen molar-refractivity contribution in [2.45, 2.75) is 39.5 Å². The van der Waals surface area contributed by atoms with Gasteiger partial charge in [0.2, 0.25) is 5.91 Å². The molecule has 1 amide bonds. The monoisotopic (exact) mass is 248 g/mol. The SMILES string of the molecule is CCC(C)NCC(=O)Nc1ccc2c(c1)COC2.